The molecule has 1 aromatic heterocycles. The first kappa shape index (κ1) is 19.7. The van der Waals surface area contributed by atoms with E-state index in [9.17, 15) is 0 Å². The number of fused-ring (bicyclic) bond motifs is 2. The molecule has 0 spiro atoms. The van der Waals surface area contributed by atoms with E-state index in [1.807, 2.05) is 11.7 Å². The van der Waals surface area contributed by atoms with Crippen LogP contribution in [0.5, 0.6) is 0 Å². The van der Waals surface area contributed by atoms with Crippen LogP contribution in [0.25, 0.3) is 0 Å². The molecule has 3 fully saturated rings. The topological polar surface area (TPSA) is 48.7 Å². The van der Waals surface area contributed by atoms with E-state index >= 15 is 0 Å². The maximum absolute atomic E-state index is 4.71. The number of hydrogen-bond donors (Lipinski definition) is 1. The lowest BCUT2D eigenvalue weighted by Crippen LogP contribution is -2.55. The van der Waals surface area contributed by atoms with E-state index in [1.165, 1.54) is 55.7 Å². The summed E-state index contributed by atoms with van der Waals surface area (Å²) in [5.41, 5.74) is 3.90. The minimum atomic E-state index is 0.819. The van der Waals surface area contributed by atoms with Crippen LogP contribution in [-0.2, 0) is 26.4 Å². The zero-order valence-corrected chi connectivity index (χ0v) is 18.2. The predicted molar refractivity (Wildman–Crippen MR) is 115 cm³/mol. The molecule has 0 radical (unpaired) electrons. The molecule has 28 heavy (non-hydrogen) atoms. The lowest BCUT2D eigenvalue weighted by Gasteiger charge is -2.42. The summed E-state index contributed by atoms with van der Waals surface area (Å²) >= 11 is 0. The highest BCUT2D eigenvalue weighted by Gasteiger charge is 2.42. The van der Waals surface area contributed by atoms with Gasteiger partial charge in [-0.05, 0) is 43.9 Å². The van der Waals surface area contributed by atoms with Gasteiger partial charge in [0, 0.05) is 64.1 Å². The molecule has 0 amide bonds. The first-order chi connectivity index (χ1) is 13.6. The molecule has 1 aliphatic heterocycles. The summed E-state index contributed by atoms with van der Waals surface area (Å²) < 4.78 is 2.05. The van der Waals surface area contributed by atoms with Crippen molar-refractivity contribution in [1.29, 1.82) is 0 Å². The van der Waals surface area contributed by atoms with E-state index in [0.29, 0.717) is 0 Å². The molecule has 2 aliphatic carbocycles. The van der Waals surface area contributed by atoms with E-state index < -0.39 is 0 Å². The molecule has 156 valence electrons. The summed E-state index contributed by atoms with van der Waals surface area (Å²) in [6, 6.07) is 0.866. The number of rotatable bonds is 5. The van der Waals surface area contributed by atoms with Gasteiger partial charge < -0.3 is 10.2 Å². The number of nitrogens with one attached hydrogen (secondary N) is 1. The fourth-order valence-corrected chi connectivity index (χ4v) is 6.02. The molecule has 1 N–H and O–H groups in total. The van der Waals surface area contributed by atoms with Gasteiger partial charge in [0.05, 0.1) is 5.69 Å². The third kappa shape index (κ3) is 3.68. The van der Waals surface area contributed by atoms with E-state index in [2.05, 4.69) is 41.0 Å². The van der Waals surface area contributed by atoms with Crippen LogP contribution in [0.2, 0.25) is 0 Å². The maximum atomic E-state index is 4.71. The molecule has 3 unspecified atom stereocenters. The van der Waals surface area contributed by atoms with Crippen LogP contribution in [0.1, 0.15) is 56.5 Å². The van der Waals surface area contributed by atoms with Gasteiger partial charge in [-0.15, -0.1) is 0 Å². The van der Waals surface area contributed by atoms with Gasteiger partial charge in [-0.3, -0.25) is 14.6 Å². The van der Waals surface area contributed by atoms with Gasteiger partial charge in [0.25, 0.3) is 0 Å². The standard InChI is InChI=1S/C22H38N6/c1-5-19-18(20(6-2)26(4)25-19)15-24-22(23-3)28-11-9-27(10-12-28)21-14-16-7-8-17(21)13-16/h16-17,21H,5-15H2,1-4H3,(H,23,24). The smallest absolute Gasteiger partial charge is 0.194 e. The molecule has 6 heteroatoms. The van der Waals surface area contributed by atoms with Gasteiger partial charge in [0.2, 0.25) is 0 Å². The van der Waals surface area contributed by atoms with Crippen molar-refractivity contribution in [1.82, 2.24) is 24.9 Å². The Kier molecular flexibility index (Phi) is 5.95. The summed E-state index contributed by atoms with van der Waals surface area (Å²) in [7, 11) is 3.97. The number of piperazine rings is 1. The van der Waals surface area contributed by atoms with Crippen molar-refractivity contribution >= 4 is 5.96 Å². The van der Waals surface area contributed by atoms with Crippen molar-refractivity contribution in [2.24, 2.45) is 23.9 Å². The van der Waals surface area contributed by atoms with Crippen LogP contribution < -0.4 is 5.32 Å². The summed E-state index contributed by atoms with van der Waals surface area (Å²) in [4.78, 5) is 9.81. The van der Waals surface area contributed by atoms with Gasteiger partial charge in [-0.1, -0.05) is 20.3 Å². The molecular weight excluding hydrogens is 348 g/mol. The van der Waals surface area contributed by atoms with Crippen LogP contribution in [0.15, 0.2) is 4.99 Å². The normalized spacial score (nSPS) is 28.4. The van der Waals surface area contributed by atoms with Crippen molar-refractivity contribution in [2.75, 3.05) is 33.2 Å². The predicted octanol–water partition coefficient (Wildman–Crippen LogP) is 2.43. The second-order valence-electron chi connectivity index (χ2n) is 8.87. The average molecular weight is 387 g/mol. The van der Waals surface area contributed by atoms with Crippen LogP contribution >= 0.6 is 0 Å². The monoisotopic (exact) mass is 386 g/mol. The Morgan fingerprint density at radius 3 is 2.46 bits per heavy atom. The Hall–Kier alpha value is -1.56. The highest BCUT2D eigenvalue weighted by molar-refractivity contribution is 5.80. The summed E-state index contributed by atoms with van der Waals surface area (Å²) in [6.07, 6.45) is 7.92. The van der Waals surface area contributed by atoms with Gasteiger partial charge >= 0.3 is 0 Å². The van der Waals surface area contributed by atoms with Gasteiger partial charge in [-0.25, -0.2) is 0 Å². The minimum absolute atomic E-state index is 0.819. The molecule has 3 atom stereocenters. The number of aryl methyl sites for hydroxylation is 2. The number of aromatic nitrogens is 2. The second-order valence-corrected chi connectivity index (χ2v) is 8.87. The van der Waals surface area contributed by atoms with Crippen molar-refractivity contribution < 1.29 is 0 Å². The van der Waals surface area contributed by atoms with E-state index in [1.54, 1.807) is 0 Å². The Balaban J connectivity index is 1.33. The third-order valence-corrected chi connectivity index (χ3v) is 7.45. The summed E-state index contributed by atoms with van der Waals surface area (Å²) in [5.74, 6) is 3.06. The van der Waals surface area contributed by atoms with Crippen LogP contribution in [0.3, 0.4) is 0 Å². The lowest BCUT2D eigenvalue weighted by atomic mass is 9.93. The van der Waals surface area contributed by atoms with Crippen molar-refractivity contribution in [2.45, 2.75) is 65.0 Å². The minimum Gasteiger partial charge on any atom is -0.352 e. The Morgan fingerprint density at radius 1 is 1.11 bits per heavy atom. The molecule has 2 heterocycles. The lowest BCUT2D eigenvalue weighted by molar-refractivity contribution is 0.0958. The average Bonchev–Trinajstić information content (AvgIpc) is 3.43. The first-order valence-electron chi connectivity index (χ1n) is 11.4. The summed E-state index contributed by atoms with van der Waals surface area (Å²) in [6.45, 7) is 9.76. The number of guanidine groups is 1. The van der Waals surface area contributed by atoms with Gasteiger partial charge in [0.1, 0.15) is 0 Å². The molecule has 6 nitrogen and oxygen atoms in total. The fraction of sp³-hybridized carbons (Fsp3) is 0.818. The molecule has 2 bridgehead atoms. The highest BCUT2D eigenvalue weighted by Crippen LogP contribution is 2.46. The molecule has 0 aromatic carbocycles. The van der Waals surface area contributed by atoms with E-state index in [4.69, 9.17) is 5.10 Å². The van der Waals surface area contributed by atoms with Crippen molar-refractivity contribution in [3.05, 3.63) is 17.0 Å². The first-order valence-corrected chi connectivity index (χ1v) is 11.4. The quantitative estimate of drug-likeness (QED) is 0.624. The van der Waals surface area contributed by atoms with Gasteiger partial charge in [0.15, 0.2) is 5.96 Å². The molecule has 3 aliphatic rings. The SMILES string of the molecule is CCc1nn(C)c(CC)c1CNC(=NC)N1CCN(C2CC3CCC2C3)CC1. The highest BCUT2D eigenvalue weighted by atomic mass is 15.4. The second kappa shape index (κ2) is 8.44. The number of aliphatic imine (C=N–C) groups is 1. The van der Waals surface area contributed by atoms with Crippen LogP contribution in [0.4, 0.5) is 0 Å². The Morgan fingerprint density at radius 2 is 1.89 bits per heavy atom. The van der Waals surface area contributed by atoms with E-state index in [0.717, 1.165) is 56.3 Å². The molecule has 2 saturated carbocycles. The number of hydrogen-bond acceptors (Lipinski definition) is 3. The fourth-order valence-electron chi connectivity index (χ4n) is 6.02. The maximum Gasteiger partial charge on any atom is 0.194 e. The summed E-state index contributed by atoms with van der Waals surface area (Å²) in [5, 5.41) is 8.34. The zero-order chi connectivity index (χ0) is 19.7. The Bertz CT molecular complexity index is 700. The molecule has 4 rings (SSSR count). The van der Waals surface area contributed by atoms with Crippen molar-refractivity contribution in [3.63, 3.8) is 0 Å². The van der Waals surface area contributed by atoms with Gasteiger partial charge in [-0.2, -0.15) is 5.10 Å². The van der Waals surface area contributed by atoms with E-state index in [-0.39, 0.29) is 0 Å². The molecule has 1 saturated heterocycles. The Labute approximate surface area is 170 Å². The van der Waals surface area contributed by atoms with Crippen LogP contribution in [-0.4, -0.2) is 64.8 Å². The largest absolute Gasteiger partial charge is 0.352 e. The third-order valence-electron chi connectivity index (χ3n) is 7.45. The van der Waals surface area contributed by atoms with Crippen molar-refractivity contribution in [3.8, 4) is 0 Å². The zero-order valence-electron chi connectivity index (χ0n) is 18.2. The molecular formula is C22H38N6. The van der Waals surface area contributed by atoms with Crippen LogP contribution in [0, 0.1) is 11.8 Å². The molecule has 1 aromatic rings. The number of nitrogens with zero attached hydrogens (tertiary/aromatic N) is 5.